The Kier molecular flexibility index (Phi) is 6.59. The van der Waals surface area contributed by atoms with Crippen molar-refractivity contribution < 1.29 is 18.7 Å². The molecular weight excluding hydrogens is 458 g/mol. The zero-order valence-corrected chi connectivity index (χ0v) is 20.0. The molecule has 0 amide bonds. The van der Waals surface area contributed by atoms with Gasteiger partial charge in [0.25, 0.3) is 0 Å². The summed E-state index contributed by atoms with van der Waals surface area (Å²) in [5, 5.41) is 13.6. The second-order valence-corrected chi connectivity index (χ2v) is 7.52. The minimum Gasteiger partial charge on any atom is -0.493 e. The number of fused-ring (bicyclic) bond motifs is 1. The van der Waals surface area contributed by atoms with E-state index in [0.29, 0.717) is 62.3 Å². The van der Waals surface area contributed by atoms with Crippen molar-refractivity contribution in [2.45, 2.75) is 13.8 Å². The van der Waals surface area contributed by atoms with Crippen molar-refractivity contribution in [2.75, 3.05) is 37.3 Å². The molecule has 12 heteroatoms. The minimum atomic E-state index is 0.348. The molecule has 3 heterocycles. The van der Waals surface area contributed by atoms with Gasteiger partial charge in [-0.25, -0.2) is 15.0 Å². The number of nitrogens with zero attached hydrogens (tertiary/aromatic N) is 4. The summed E-state index contributed by atoms with van der Waals surface area (Å²) in [6, 6.07) is 7.12. The van der Waals surface area contributed by atoms with Gasteiger partial charge in [-0.05, 0) is 38.2 Å². The normalized spacial score (nSPS) is 10.6. The number of pyridine rings is 1. The van der Waals surface area contributed by atoms with E-state index in [4.69, 9.17) is 31.0 Å². The lowest BCUT2D eigenvalue weighted by Gasteiger charge is -2.15. The van der Waals surface area contributed by atoms with Gasteiger partial charge < -0.3 is 34.7 Å². The lowest BCUT2D eigenvalue weighted by atomic mass is 10.2. The number of rotatable bonds is 7. The average Bonchev–Trinajstić information content (AvgIpc) is 3.15. The van der Waals surface area contributed by atoms with Crippen molar-refractivity contribution in [2.24, 2.45) is 0 Å². The van der Waals surface area contributed by atoms with E-state index >= 15 is 0 Å². The summed E-state index contributed by atoms with van der Waals surface area (Å²) in [5.41, 5.74) is 3.17. The second-order valence-electron chi connectivity index (χ2n) is 7.11. The van der Waals surface area contributed by atoms with Crippen LogP contribution in [0.1, 0.15) is 11.5 Å². The Morgan fingerprint density at radius 3 is 2.26 bits per heavy atom. The molecule has 4 aromatic rings. The lowest BCUT2D eigenvalue weighted by molar-refractivity contribution is 0.324. The third-order valence-electron chi connectivity index (χ3n) is 4.86. The Morgan fingerprint density at radius 1 is 0.941 bits per heavy atom. The molecule has 0 aliphatic rings. The first-order valence-corrected chi connectivity index (χ1v) is 10.5. The van der Waals surface area contributed by atoms with Crippen molar-refractivity contribution in [1.82, 2.24) is 20.1 Å². The molecular formula is C22H23N7O4S. The Balaban J connectivity index is 1.55. The van der Waals surface area contributed by atoms with Crippen molar-refractivity contribution in [3.05, 3.63) is 41.9 Å². The molecule has 4 rings (SSSR count). The number of aryl methyl sites for hydroxylation is 2. The molecule has 176 valence electrons. The maximum absolute atomic E-state index is 5.40. The molecule has 0 radical (unpaired) electrons. The first kappa shape index (κ1) is 23.0. The molecule has 0 spiro atoms. The largest absolute Gasteiger partial charge is 0.493 e. The van der Waals surface area contributed by atoms with Gasteiger partial charge in [-0.2, -0.15) is 0 Å². The zero-order chi connectivity index (χ0) is 24.2. The molecule has 0 bridgehead atoms. The van der Waals surface area contributed by atoms with Crippen molar-refractivity contribution >= 4 is 51.5 Å². The molecule has 0 aliphatic heterocycles. The number of thiocarbonyl (C=S) groups is 1. The molecule has 34 heavy (non-hydrogen) atoms. The van der Waals surface area contributed by atoms with Crippen molar-refractivity contribution in [1.29, 1.82) is 0 Å². The van der Waals surface area contributed by atoms with Crippen LogP contribution >= 0.6 is 12.2 Å². The fourth-order valence-electron chi connectivity index (χ4n) is 3.25. The Labute approximate surface area is 200 Å². The van der Waals surface area contributed by atoms with Gasteiger partial charge in [0.1, 0.15) is 22.7 Å². The van der Waals surface area contributed by atoms with E-state index in [-0.39, 0.29) is 0 Å². The van der Waals surface area contributed by atoms with Crippen LogP contribution in [0.3, 0.4) is 0 Å². The highest BCUT2D eigenvalue weighted by Gasteiger charge is 2.14. The van der Waals surface area contributed by atoms with E-state index in [0.717, 1.165) is 5.69 Å². The van der Waals surface area contributed by atoms with Crippen molar-refractivity contribution in [3.63, 3.8) is 0 Å². The van der Waals surface area contributed by atoms with Crippen LogP contribution < -0.4 is 30.2 Å². The minimum absolute atomic E-state index is 0.348. The van der Waals surface area contributed by atoms with Gasteiger partial charge in [-0.3, -0.25) is 0 Å². The Hall–Kier alpha value is -4.19. The number of nitrogens with one attached hydrogen (secondary N) is 3. The van der Waals surface area contributed by atoms with Gasteiger partial charge in [0.2, 0.25) is 5.75 Å². The van der Waals surface area contributed by atoms with Crippen LogP contribution in [-0.4, -0.2) is 46.6 Å². The number of methoxy groups -OCH3 is 3. The summed E-state index contributed by atoms with van der Waals surface area (Å²) < 4.78 is 21.3. The van der Waals surface area contributed by atoms with Gasteiger partial charge in [0.15, 0.2) is 33.8 Å². The molecule has 11 nitrogen and oxygen atoms in total. The third-order valence-corrected chi connectivity index (χ3v) is 5.06. The first-order valence-electron chi connectivity index (χ1n) is 10.1. The monoisotopic (exact) mass is 481 g/mol. The number of ether oxygens (including phenoxy) is 3. The molecule has 1 aromatic carbocycles. The average molecular weight is 482 g/mol. The van der Waals surface area contributed by atoms with Crippen LogP contribution in [0.4, 0.5) is 23.0 Å². The van der Waals surface area contributed by atoms with Crippen LogP contribution in [0.25, 0.3) is 11.2 Å². The Bertz CT molecular complexity index is 1310. The van der Waals surface area contributed by atoms with Crippen LogP contribution in [0.5, 0.6) is 17.2 Å². The summed E-state index contributed by atoms with van der Waals surface area (Å²) in [5.74, 6) is 3.17. The smallest absolute Gasteiger partial charge is 0.203 e. The fourth-order valence-corrected chi connectivity index (χ4v) is 3.46. The molecule has 3 N–H and O–H groups in total. The molecule has 0 saturated heterocycles. The van der Waals surface area contributed by atoms with Gasteiger partial charge >= 0.3 is 0 Å². The van der Waals surface area contributed by atoms with E-state index in [1.54, 1.807) is 58.7 Å². The number of aromatic nitrogens is 4. The second kappa shape index (κ2) is 9.75. The van der Waals surface area contributed by atoms with Crippen LogP contribution in [0, 0.1) is 13.8 Å². The van der Waals surface area contributed by atoms with Crippen LogP contribution in [-0.2, 0) is 0 Å². The Morgan fingerprint density at radius 2 is 1.65 bits per heavy atom. The number of hydrogen-bond acceptors (Lipinski definition) is 10. The predicted octanol–water partition coefficient (Wildman–Crippen LogP) is 4.21. The third kappa shape index (κ3) is 4.76. The standard InChI is InChI=1S/C22H23N7O4S/c1-11-19(12(2)33-29-11)28-22(34)27-17-7-6-14-21(25-17)26-18(10-23-14)24-13-8-15(30-3)20(32-5)16(9-13)31-4/h6-10H,1-5H3,(H3,24,25,26,27,28,34). The summed E-state index contributed by atoms with van der Waals surface area (Å²) in [6.45, 7) is 3.63. The SMILES string of the molecule is COc1cc(Nc2cnc3ccc(NC(=S)Nc4c(C)noc4C)nc3n2)cc(OC)c1OC. The van der Waals surface area contributed by atoms with Gasteiger partial charge in [-0.15, -0.1) is 0 Å². The number of benzene rings is 1. The molecule has 0 unspecified atom stereocenters. The summed E-state index contributed by atoms with van der Waals surface area (Å²) in [7, 11) is 4.66. The predicted molar refractivity (Wildman–Crippen MR) is 133 cm³/mol. The van der Waals surface area contributed by atoms with Crippen LogP contribution in [0.2, 0.25) is 0 Å². The summed E-state index contributed by atoms with van der Waals surface area (Å²) in [6.07, 6.45) is 1.62. The number of anilines is 4. The summed E-state index contributed by atoms with van der Waals surface area (Å²) in [4.78, 5) is 13.5. The van der Waals surface area contributed by atoms with E-state index in [2.05, 4.69) is 36.1 Å². The maximum Gasteiger partial charge on any atom is 0.203 e. The highest BCUT2D eigenvalue weighted by molar-refractivity contribution is 7.80. The van der Waals surface area contributed by atoms with Gasteiger partial charge in [0, 0.05) is 17.8 Å². The molecule has 0 fully saturated rings. The number of hydrogen-bond donors (Lipinski definition) is 3. The van der Waals surface area contributed by atoms with E-state index < -0.39 is 0 Å². The fraction of sp³-hybridized carbons (Fsp3) is 0.227. The molecule has 0 saturated carbocycles. The highest BCUT2D eigenvalue weighted by atomic mass is 32.1. The van der Waals surface area contributed by atoms with Gasteiger partial charge in [0.05, 0.1) is 27.5 Å². The van der Waals surface area contributed by atoms with Crippen molar-refractivity contribution in [3.8, 4) is 17.2 Å². The van der Waals surface area contributed by atoms with Gasteiger partial charge in [-0.1, -0.05) is 5.16 Å². The zero-order valence-electron chi connectivity index (χ0n) is 19.2. The van der Waals surface area contributed by atoms with E-state index in [1.807, 2.05) is 6.92 Å². The molecule has 0 aliphatic carbocycles. The molecule has 0 atom stereocenters. The highest BCUT2D eigenvalue weighted by Crippen LogP contribution is 2.40. The maximum atomic E-state index is 5.40. The lowest BCUT2D eigenvalue weighted by Crippen LogP contribution is -2.20. The first-order chi connectivity index (χ1) is 16.4. The topological polar surface area (TPSA) is 128 Å². The van der Waals surface area contributed by atoms with E-state index in [1.165, 1.54) is 0 Å². The van der Waals surface area contributed by atoms with E-state index in [9.17, 15) is 0 Å². The molecule has 3 aromatic heterocycles. The van der Waals surface area contributed by atoms with Crippen LogP contribution in [0.15, 0.2) is 35.0 Å². The quantitative estimate of drug-likeness (QED) is 0.327. The summed E-state index contributed by atoms with van der Waals surface area (Å²) >= 11 is 5.39.